The zero-order valence-electron chi connectivity index (χ0n) is 14.7. The number of hydrogen-bond donors (Lipinski definition) is 1. The molecular formula is C20H31NO2. The summed E-state index contributed by atoms with van der Waals surface area (Å²) < 4.78 is 12.1. The largest absolute Gasteiger partial charge is 0.492 e. The maximum absolute atomic E-state index is 6.18. The number of hydrogen-bond acceptors (Lipinski definition) is 3. The molecule has 0 saturated carbocycles. The third kappa shape index (κ3) is 3.82. The Morgan fingerprint density at radius 3 is 2.83 bits per heavy atom. The van der Waals surface area contributed by atoms with Gasteiger partial charge in [-0.05, 0) is 63.9 Å². The highest BCUT2D eigenvalue weighted by Crippen LogP contribution is 2.45. The molecule has 0 amide bonds. The van der Waals surface area contributed by atoms with E-state index in [2.05, 4.69) is 37.4 Å². The molecule has 3 heteroatoms. The maximum Gasteiger partial charge on any atom is 0.123 e. The molecule has 1 spiro atoms. The second kappa shape index (κ2) is 7.57. The van der Waals surface area contributed by atoms with Crippen LogP contribution in [-0.2, 0) is 5.41 Å². The van der Waals surface area contributed by atoms with Gasteiger partial charge in [-0.2, -0.15) is 0 Å². The fourth-order valence-corrected chi connectivity index (χ4v) is 3.89. The highest BCUT2D eigenvalue weighted by atomic mass is 16.5. The number of nitrogens with one attached hydrogen (secondary N) is 1. The van der Waals surface area contributed by atoms with E-state index < -0.39 is 0 Å². The zero-order valence-corrected chi connectivity index (χ0v) is 14.7. The molecule has 2 aliphatic heterocycles. The summed E-state index contributed by atoms with van der Waals surface area (Å²) in [6, 6.07) is 6.42. The smallest absolute Gasteiger partial charge is 0.123 e. The van der Waals surface area contributed by atoms with Gasteiger partial charge >= 0.3 is 0 Å². The second-order valence-electron chi connectivity index (χ2n) is 7.25. The molecule has 1 atom stereocenters. The number of benzene rings is 1. The van der Waals surface area contributed by atoms with E-state index in [4.69, 9.17) is 9.47 Å². The van der Waals surface area contributed by atoms with Crippen LogP contribution in [0.25, 0.3) is 0 Å². The Morgan fingerprint density at radius 1 is 1.22 bits per heavy atom. The van der Waals surface area contributed by atoms with Gasteiger partial charge in [0.2, 0.25) is 0 Å². The van der Waals surface area contributed by atoms with Crippen LogP contribution in [0, 0.1) is 0 Å². The van der Waals surface area contributed by atoms with Crippen LogP contribution in [-0.4, -0.2) is 25.8 Å². The van der Waals surface area contributed by atoms with Crippen LogP contribution < -0.4 is 14.8 Å². The van der Waals surface area contributed by atoms with Crippen LogP contribution in [0.2, 0.25) is 0 Å². The predicted octanol–water partition coefficient (Wildman–Crippen LogP) is 4.44. The normalized spacial score (nSPS) is 20.1. The van der Waals surface area contributed by atoms with Gasteiger partial charge in [0.05, 0.1) is 12.7 Å². The molecule has 1 fully saturated rings. The summed E-state index contributed by atoms with van der Waals surface area (Å²) in [6.07, 6.45) is 8.96. The summed E-state index contributed by atoms with van der Waals surface area (Å²) in [4.78, 5) is 0. The number of piperidine rings is 1. The molecule has 3 nitrogen and oxygen atoms in total. The molecule has 0 aliphatic carbocycles. The van der Waals surface area contributed by atoms with E-state index >= 15 is 0 Å². The van der Waals surface area contributed by atoms with Crippen molar-refractivity contribution in [1.29, 1.82) is 0 Å². The Kier molecular flexibility index (Phi) is 5.47. The van der Waals surface area contributed by atoms with E-state index in [0.717, 1.165) is 50.5 Å². The molecule has 0 bridgehead atoms. The summed E-state index contributed by atoms with van der Waals surface area (Å²) in [5.41, 5.74) is 1.58. The molecule has 1 aromatic carbocycles. The van der Waals surface area contributed by atoms with Crippen LogP contribution in [0.5, 0.6) is 11.5 Å². The Bertz CT molecular complexity index is 503. The lowest BCUT2D eigenvalue weighted by molar-refractivity contribution is 0.205. The molecule has 128 valence electrons. The Hall–Kier alpha value is -1.22. The predicted molar refractivity (Wildman–Crippen MR) is 94.6 cm³/mol. The van der Waals surface area contributed by atoms with E-state index in [-0.39, 0.29) is 11.5 Å². The van der Waals surface area contributed by atoms with Gasteiger partial charge in [0.1, 0.15) is 11.5 Å². The molecule has 3 rings (SSSR count). The van der Waals surface area contributed by atoms with Crippen molar-refractivity contribution in [3.63, 3.8) is 0 Å². The van der Waals surface area contributed by atoms with Gasteiger partial charge in [-0.3, -0.25) is 0 Å². The molecule has 1 aromatic rings. The lowest BCUT2D eigenvalue weighted by Gasteiger charge is -2.32. The molecule has 2 heterocycles. The third-order valence-electron chi connectivity index (χ3n) is 5.39. The molecule has 2 aliphatic rings. The van der Waals surface area contributed by atoms with Crippen molar-refractivity contribution in [2.45, 2.75) is 70.3 Å². The van der Waals surface area contributed by atoms with Gasteiger partial charge in [0, 0.05) is 11.0 Å². The van der Waals surface area contributed by atoms with E-state index in [1.54, 1.807) is 0 Å². The van der Waals surface area contributed by atoms with Crippen LogP contribution in [0.3, 0.4) is 0 Å². The minimum Gasteiger partial charge on any atom is -0.492 e. The SMILES string of the molecule is CCCCCCC(C)Oc1ccc2c(c1)C1(CCNCC1)CO2. The van der Waals surface area contributed by atoms with Crippen LogP contribution in [0.4, 0.5) is 0 Å². The maximum atomic E-state index is 6.18. The van der Waals surface area contributed by atoms with Gasteiger partial charge in [-0.15, -0.1) is 0 Å². The molecule has 0 aromatic heterocycles. The minimum atomic E-state index is 0.213. The van der Waals surface area contributed by atoms with Crippen LogP contribution >= 0.6 is 0 Å². The molecular weight excluding hydrogens is 286 g/mol. The first kappa shape index (κ1) is 16.6. The van der Waals surface area contributed by atoms with Crippen molar-refractivity contribution in [2.75, 3.05) is 19.7 Å². The van der Waals surface area contributed by atoms with Crippen molar-refractivity contribution in [1.82, 2.24) is 5.32 Å². The lowest BCUT2D eigenvalue weighted by atomic mass is 9.75. The summed E-state index contributed by atoms with van der Waals surface area (Å²) in [7, 11) is 0. The average molecular weight is 317 g/mol. The molecule has 1 N–H and O–H groups in total. The summed E-state index contributed by atoms with van der Waals surface area (Å²) in [5.74, 6) is 2.07. The van der Waals surface area contributed by atoms with Gasteiger partial charge < -0.3 is 14.8 Å². The number of rotatable bonds is 7. The average Bonchev–Trinajstić information content (AvgIpc) is 2.90. The highest BCUT2D eigenvalue weighted by Gasteiger charge is 2.41. The molecule has 1 saturated heterocycles. The van der Waals surface area contributed by atoms with Crippen molar-refractivity contribution in [2.24, 2.45) is 0 Å². The zero-order chi connectivity index (χ0) is 16.1. The highest BCUT2D eigenvalue weighted by molar-refractivity contribution is 5.48. The first-order chi connectivity index (χ1) is 11.2. The fourth-order valence-electron chi connectivity index (χ4n) is 3.89. The topological polar surface area (TPSA) is 30.5 Å². The van der Waals surface area contributed by atoms with E-state index in [1.165, 1.54) is 31.2 Å². The van der Waals surface area contributed by atoms with Crippen molar-refractivity contribution in [3.05, 3.63) is 23.8 Å². The number of unbranched alkanes of at least 4 members (excludes halogenated alkanes) is 3. The number of fused-ring (bicyclic) bond motifs is 2. The standard InChI is InChI=1S/C20H31NO2/c1-3-4-5-6-7-16(2)23-17-8-9-19-18(14-17)20(15-22-19)10-12-21-13-11-20/h8-9,14,16,21H,3-7,10-13,15H2,1-2H3. The second-order valence-corrected chi connectivity index (χ2v) is 7.25. The summed E-state index contributed by atoms with van der Waals surface area (Å²) in [6.45, 7) is 7.45. The Morgan fingerprint density at radius 2 is 2.04 bits per heavy atom. The third-order valence-corrected chi connectivity index (χ3v) is 5.39. The monoisotopic (exact) mass is 317 g/mol. The number of ether oxygens (including phenoxy) is 2. The minimum absolute atomic E-state index is 0.213. The molecule has 23 heavy (non-hydrogen) atoms. The summed E-state index contributed by atoms with van der Waals surface area (Å²) >= 11 is 0. The van der Waals surface area contributed by atoms with E-state index in [9.17, 15) is 0 Å². The van der Waals surface area contributed by atoms with Gasteiger partial charge in [0.25, 0.3) is 0 Å². The van der Waals surface area contributed by atoms with Gasteiger partial charge in [0.15, 0.2) is 0 Å². The Balaban J connectivity index is 1.63. The first-order valence-electron chi connectivity index (χ1n) is 9.38. The Labute approximate surface area is 140 Å². The molecule has 0 radical (unpaired) electrons. The van der Waals surface area contributed by atoms with Crippen LogP contribution in [0.1, 0.15) is 64.4 Å². The van der Waals surface area contributed by atoms with Crippen molar-refractivity contribution in [3.8, 4) is 11.5 Å². The van der Waals surface area contributed by atoms with Crippen molar-refractivity contribution >= 4 is 0 Å². The lowest BCUT2D eigenvalue weighted by Crippen LogP contribution is -2.40. The summed E-state index contributed by atoms with van der Waals surface area (Å²) in [5, 5.41) is 3.46. The molecule has 1 unspecified atom stereocenters. The first-order valence-corrected chi connectivity index (χ1v) is 9.38. The van der Waals surface area contributed by atoms with Gasteiger partial charge in [-0.1, -0.05) is 26.2 Å². The van der Waals surface area contributed by atoms with Crippen LogP contribution in [0.15, 0.2) is 18.2 Å². The van der Waals surface area contributed by atoms with Crippen molar-refractivity contribution < 1.29 is 9.47 Å². The van der Waals surface area contributed by atoms with E-state index in [1.807, 2.05) is 0 Å². The quantitative estimate of drug-likeness (QED) is 0.754. The van der Waals surface area contributed by atoms with E-state index in [0.29, 0.717) is 0 Å². The van der Waals surface area contributed by atoms with Gasteiger partial charge in [-0.25, -0.2) is 0 Å². The fraction of sp³-hybridized carbons (Fsp3) is 0.700.